The maximum atomic E-state index is 9.63. The van der Waals surface area contributed by atoms with Crippen LogP contribution in [-0.4, -0.2) is 68.7 Å². The summed E-state index contributed by atoms with van der Waals surface area (Å²) in [6.45, 7) is 0. The van der Waals surface area contributed by atoms with E-state index in [1.807, 2.05) is 0 Å². The average molecular weight is 388 g/mol. The summed E-state index contributed by atoms with van der Waals surface area (Å²) in [6, 6.07) is 0. The number of carbonyl (C=O) groups excluding carboxylic acids is 4. The molecule has 0 aliphatic heterocycles. The van der Waals surface area contributed by atoms with Crippen molar-refractivity contribution in [2.24, 2.45) is 0 Å². The molecular formula is C8H8Na4O12. The van der Waals surface area contributed by atoms with Crippen LogP contribution < -0.4 is 139 Å². The van der Waals surface area contributed by atoms with Crippen molar-refractivity contribution >= 4 is 23.9 Å². The molecule has 0 saturated heterocycles. The molecule has 0 aromatic heterocycles. The van der Waals surface area contributed by atoms with Gasteiger partial charge in [0.15, 0.2) is 0 Å². The first-order valence-corrected chi connectivity index (χ1v) is 4.49. The van der Waals surface area contributed by atoms with Gasteiger partial charge in [-0.15, -0.1) is 0 Å². The van der Waals surface area contributed by atoms with E-state index in [1.165, 1.54) is 0 Å². The molecule has 0 spiro atoms. The zero-order chi connectivity index (χ0) is 16.6. The van der Waals surface area contributed by atoms with Gasteiger partial charge in [0.1, 0.15) is 24.4 Å². The van der Waals surface area contributed by atoms with E-state index >= 15 is 0 Å². The van der Waals surface area contributed by atoms with E-state index in [2.05, 4.69) is 0 Å². The van der Waals surface area contributed by atoms with Crippen LogP contribution in [0.4, 0.5) is 0 Å². The molecule has 0 heterocycles. The number of aliphatic carboxylic acids is 4. The van der Waals surface area contributed by atoms with E-state index in [-0.39, 0.29) is 118 Å². The maximum absolute atomic E-state index is 9.63. The third-order valence-corrected chi connectivity index (χ3v) is 1.56. The van der Waals surface area contributed by atoms with Gasteiger partial charge >= 0.3 is 118 Å². The molecule has 0 saturated carbocycles. The molecule has 0 fully saturated rings. The number of carbonyl (C=O) groups is 4. The van der Waals surface area contributed by atoms with Crippen LogP contribution in [0.15, 0.2) is 0 Å². The Bertz CT molecular complexity index is 319. The summed E-state index contributed by atoms with van der Waals surface area (Å²) in [6.07, 6.45) is -9.76. The van der Waals surface area contributed by atoms with Crippen LogP contribution in [0.3, 0.4) is 0 Å². The molecule has 0 aromatic carbocycles. The molecule has 4 atom stereocenters. The van der Waals surface area contributed by atoms with Crippen LogP contribution >= 0.6 is 0 Å². The maximum Gasteiger partial charge on any atom is 1.00 e. The minimum atomic E-state index is -2.44. The number of aliphatic hydroxyl groups is 4. The Kier molecular flexibility index (Phi) is 35.4. The summed E-state index contributed by atoms with van der Waals surface area (Å²) in [5.74, 6) is -8.23. The Morgan fingerprint density at radius 1 is 0.458 bits per heavy atom. The van der Waals surface area contributed by atoms with E-state index in [9.17, 15) is 39.6 Å². The summed E-state index contributed by atoms with van der Waals surface area (Å²) in [5.41, 5.74) is 0. The fourth-order valence-electron chi connectivity index (χ4n) is 0.516. The van der Waals surface area contributed by atoms with Gasteiger partial charge in [-0.3, -0.25) is 0 Å². The normalized spacial score (nSPS) is 13.2. The molecule has 12 nitrogen and oxygen atoms in total. The van der Waals surface area contributed by atoms with Crippen molar-refractivity contribution in [1.29, 1.82) is 0 Å². The first kappa shape index (κ1) is 40.4. The van der Waals surface area contributed by atoms with E-state index in [4.69, 9.17) is 20.4 Å². The average Bonchev–Trinajstić information content (AvgIpc) is 2.35. The van der Waals surface area contributed by atoms with Gasteiger partial charge < -0.3 is 60.0 Å². The summed E-state index contributed by atoms with van der Waals surface area (Å²) in [7, 11) is 0. The molecule has 116 valence electrons. The molecule has 0 rings (SSSR count). The summed E-state index contributed by atoms with van der Waals surface area (Å²) in [5, 5.41) is 71.5. The summed E-state index contributed by atoms with van der Waals surface area (Å²) >= 11 is 0. The fourth-order valence-corrected chi connectivity index (χ4v) is 0.516. The molecule has 0 radical (unpaired) electrons. The fraction of sp³-hybridized carbons (Fsp3) is 0.500. The zero-order valence-electron chi connectivity index (χ0n) is 13.4. The molecule has 0 amide bonds. The minimum absolute atomic E-state index is 0. The second-order valence-electron chi connectivity index (χ2n) is 3.06. The van der Waals surface area contributed by atoms with Crippen LogP contribution in [-0.2, 0) is 19.2 Å². The Labute approximate surface area is 223 Å². The molecule has 4 N–H and O–H groups in total. The van der Waals surface area contributed by atoms with Crippen molar-refractivity contribution in [2.45, 2.75) is 24.4 Å². The van der Waals surface area contributed by atoms with Crippen molar-refractivity contribution in [3.63, 3.8) is 0 Å². The van der Waals surface area contributed by atoms with Gasteiger partial charge in [-0.25, -0.2) is 0 Å². The Morgan fingerprint density at radius 2 is 0.542 bits per heavy atom. The van der Waals surface area contributed by atoms with Crippen LogP contribution in [0, 0.1) is 0 Å². The standard InChI is InChI=1S/2C4H6O6.4Na/c2*5-1(3(7)8)2(6)4(9)10;;;;/h2*1-2,5-6H,(H,7,8)(H,9,10);;;;/q;;4*+1/p-4/t1-,2?;1-,2-;;;;/m11..../s1. The Hall–Kier alpha value is 1.72. The van der Waals surface area contributed by atoms with E-state index in [0.717, 1.165) is 0 Å². The van der Waals surface area contributed by atoms with Crippen molar-refractivity contribution in [3.8, 4) is 0 Å². The van der Waals surface area contributed by atoms with E-state index in [0.29, 0.717) is 0 Å². The summed E-state index contributed by atoms with van der Waals surface area (Å²) < 4.78 is 0. The largest absolute Gasteiger partial charge is 1.00 e. The zero-order valence-corrected chi connectivity index (χ0v) is 21.4. The summed E-state index contributed by atoms with van der Waals surface area (Å²) in [4.78, 5) is 38.5. The van der Waals surface area contributed by atoms with Gasteiger partial charge in [0, 0.05) is 0 Å². The SMILES string of the molecule is O=C([O-])C(O)[C@@H](O)C(=O)[O-].O=C([O-])[C@H](O)[C@@H](O)C(=O)[O-].[Na+].[Na+].[Na+].[Na+]. The number of carboxylic acids is 4. The third kappa shape index (κ3) is 18.5. The third-order valence-electron chi connectivity index (χ3n) is 1.56. The van der Waals surface area contributed by atoms with Gasteiger partial charge in [0.2, 0.25) is 0 Å². The van der Waals surface area contributed by atoms with Crippen LogP contribution in [0.2, 0.25) is 0 Å². The number of carboxylic acid groups (broad SMARTS) is 4. The molecule has 24 heavy (non-hydrogen) atoms. The quantitative estimate of drug-likeness (QED) is 0.310. The van der Waals surface area contributed by atoms with E-state index in [1.54, 1.807) is 0 Å². The van der Waals surface area contributed by atoms with E-state index < -0.39 is 48.3 Å². The molecule has 0 aromatic rings. The van der Waals surface area contributed by atoms with Crippen molar-refractivity contribution in [2.75, 3.05) is 0 Å². The molecular weight excluding hydrogens is 380 g/mol. The van der Waals surface area contributed by atoms with Gasteiger partial charge in [-0.05, 0) is 0 Å². The second kappa shape index (κ2) is 21.0. The van der Waals surface area contributed by atoms with Crippen LogP contribution in [0.5, 0.6) is 0 Å². The van der Waals surface area contributed by atoms with Gasteiger partial charge in [0.05, 0.1) is 23.9 Å². The predicted molar refractivity (Wildman–Crippen MR) is 44.1 cm³/mol. The van der Waals surface area contributed by atoms with Crippen LogP contribution in [0.1, 0.15) is 0 Å². The molecule has 0 bridgehead atoms. The number of aliphatic hydroxyl groups excluding tert-OH is 4. The Balaban J connectivity index is -0.0000000579. The molecule has 0 aliphatic rings. The molecule has 16 heteroatoms. The predicted octanol–water partition coefficient (Wildman–Crippen LogP) is -21.6. The first-order chi connectivity index (χ1) is 8.93. The topological polar surface area (TPSA) is 241 Å². The number of hydrogen-bond acceptors (Lipinski definition) is 12. The minimum Gasteiger partial charge on any atom is -0.547 e. The molecule has 0 aliphatic carbocycles. The van der Waals surface area contributed by atoms with Crippen LogP contribution in [0.25, 0.3) is 0 Å². The van der Waals surface area contributed by atoms with Gasteiger partial charge in [-0.1, -0.05) is 0 Å². The molecule has 1 unspecified atom stereocenters. The second-order valence-corrected chi connectivity index (χ2v) is 3.06. The monoisotopic (exact) mass is 388 g/mol. The van der Waals surface area contributed by atoms with Crippen molar-refractivity contribution < 1.29 is 178 Å². The first-order valence-electron chi connectivity index (χ1n) is 4.49. The Morgan fingerprint density at radius 3 is 0.583 bits per heavy atom. The number of rotatable bonds is 6. The smallest absolute Gasteiger partial charge is 0.547 e. The van der Waals surface area contributed by atoms with Gasteiger partial charge in [-0.2, -0.15) is 0 Å². The van der Waals surface area contributed by atoms with Crippen molar-refractivity contribution in [3.05, 3.63) is 0 Å². The van der Waals surface area contributed by atoms with Crippen molar-refractivity contribution in [1.82, 2.24) is 0 Å². The van der Waals surface area contributed by atoms with Gasteiger partial charge in [0.25, 0.3) is 0 Å². The number of hydrogen-bond donors (Lipinski definition) is 4.